The third-order valence-electron chi connectivity index (χ3n) is 4.03. The van der Waals surface area contributed by atoms with Crippen molar-refractivity contribution in [2.75, 3.05) is 0 Å². The van der Waals surface area contributed by atoms with Crippen molar-refractivity contribution >= 4 is 17.0 Å². The van der Waals surface area contributed by atoms with Crippen LogP contribution in [0.1, 0.15) is 23.2 Å². The molecule has 0 aromatic heterocycles. The van der Waals surface area contributed by atoms with E-state index in [9.17, 15) is 14.3 Å². The second-order valence-electron chi connectivity index (χ2n) is 5.90. The van der Waals surface area contributed by atoms with Crippen LogP contribution in [0.15, 0.2) is 84.9 Å². The molecule has 0 fully saturated rings. The molecule has 0 bridgehead atoms. The molecule has 3 aromatic carbocycles. The first-order valence-electron chi connectivity index (χ1n) is 8.41. The molecule has 3 N–H and O–H groups in total. The van der Waals surface area contributed by atoms with Crippen LogP contribution >= 0.6 is 0 Å². The van der Waals surface area contributed by atoms with Gasteiger partial charge in [-0.15, -0.1) is 12.1 Å². The molecule has 0 radical (unpaired) electrons. The number of nitro benzene ring substituents is 1. The Balaban J connectivity index is 0.00000300. The molecule has 0 aliphatic heterocycles. The minimum Gasteiger partial charge on any atom is -0.672 e. The average Bonchev–Trinajstić information content (AvgIpc) is 2.73. The van der Waals surface area contributed by atoms with Crippen LogP contribution in [-0.2, 0) is 31.4 Å². The number of nitrogens with zero attached hydrogens (tertiary/aromatic N) is 2. The normalized spacial score (nSPS) is 12.7. The van der Waals surface area contributed by atoms with Crippen molar-refractivity contribution in [2.45, 2.75) is 12.1 Å². The predicted molar refractivity (Wildman–Crippen MR) is 118 cm³/mol. The Morgan fingerprint density at radius 1 is 0.903 bits per heavy atom. The van der Waals surface area contributed by atoms with Crippen molar-refractivity contribution in [3.8, 4) is 5.75 Å². The summed E-state index contributed by atoms with van der Waals surface area (Å²) in [5, 5.41) is 10.7. The van der Waals surface area contributed by atoms with Gasteiger partial charge in [0, 0.05) is 12.1 Å². The van der Waals surface area contributed by atoms with Crippen LogP contribution in [0.25, 0.3) is 10.5 Å². The molecule has 0 amide bonds. The molecule has 0 aliphatic carbocycles. The second-order valence-corrected chi connectivity index (χ2v) is 6.71. The van der Waals surface area contributed by atoms with E-state index in [2.05, 4.69) is 4.72 Å². The van der Waals surface area contributed by atoms with E-state index in [-0.39, 0.29) is 44.4 Å². The quantitative estimate of drug-likeness (QED) is 0.197. The van der Waals surface area contributed by atoms with Gasteiger partial charge in [-0.1, -0.05) is 71.8 Å². The van der Waals surface area contributed by atoms with Crippen LogP contribution in [0.4, 0.5) is 5.69 Å². The molecule has 31 heavy (non-hydrogen) atoms. The van der Waals surface area contributed by atoms with E-state index in [1.807, 2.05) is 60.7 Å². The van der Waals surface area contributed by atoms with E-state index in [1.54, 1.807) is 0 Å². The van der Waals surface area contributed by atoms with Crippen molar-refractivity contribution in [3.05, 3.63) is 124 Å². The van der Waals surface area contributed by atoms with Crippen LogP contribution in [0.3, 0.4) is 0 Å². The number of hydrogen-bond acceptors (Lipinski definition) is 4. The maximum absolute atomic E-state index is 12.5. The van der Waals surface area contributed by atoms with Gasteiger partial charge < -0.3 is 27.5 Å². The zero-order valence-electron chi connectivity index (χ0n) is 16.5. The molecule has 3 aromatic rings. The van der Waals surface area contributed by atoms with Gasteiger partial charge in [-0.3, -0.25) is 10.1 Å². The molecule has 0 saturated carbocycles. The van der Waals surface area contributed by atoms with E-state index < -0.39 is 28.3 Å². The Morgan fingerprint density at radius 3 is 1.87 bits per heavy atom. The van der Waals surface area contributed by atoms with Gasteiger partial charge in [0.2, 0.25) is 0 Å². The summed E-state index contributed by atoms with van der Waals surface area (Å²) in [6.07, 6.45) is 0. The fourth-order valence-electron chi connectivity index (χ4n) is 2.63. The average molecular weight is 621 g/mol. The van der Waals surface area contributed by atoms with Crippen molar-refractivity contribution < 1.29 is 38.9 Å². The van der Waals surface area contributed by atoms with Gasteiger partial charge in [-0.25, -0.2) is 4.21 Å². The number of nitro groups is 1. The van der Waals surface area contributed by atoms with Crippen LogP contribution in [0.5, 0.6) is 5.75 Å². The van der Waals surface area contributed by atoms with Crippen LogP contribution in [-0.4, -0.2) is 14.6 Å². The maximum atomic E-state index is 12.5. The van der Waals surface area contributed by atoms with Crippen LogP contribution < -0.4 is 4.18 Å². The third-order valence-corrected chi connectivity index (χ3v) is 4.76. The van der Waals surface area contributed by atoms with E-state index >= 15 is 0 Å². The first-order valence-corrected chi connectivity index (χ1v) is 9.44. The third kappa shape index (κ3) is 7.95. The molecule has 0 aliphatic rings. The van der Waals surface area contributed by atoms with Gasteiger partial charge in [0.25, 0.3) is 5.69 Å². The van der Waals surface area contributed by atoms with Crippen LogP contribution in [0, 0.1) is 17.5 Å². The van der Waals surface area contributed by atoms with Crippen molar-refractivity contribution in [1.82, 2.24) is 0 Å². The maximum Gasteiger partial charge on any atom is 3.00 e. The van der Waals surface area contributed by atoms with E-state index in [0.717, 1.165) is 11.1 Å². The summed E-state index contributed by atoms with van der Waals surface area (Å²) in [7, 11) is 0. The SMILES string of the molecule is O.[CH3-].[Ir+3].[NH-][C@H](c1ccccc1)[C@H]([N-]S(=O)Oc1ccc([N+](=O)[O-])cc1)c1ccccc1. The fraction of sp³-hybridized carbons (Fsp3) is 0.0952. The topological polar surface area (TPSA) is 139 Å². The summed E-state index contributed by atoms with van der Waals surface area (Å²) in [6, 6.07) is 22.1. The molecule has 0 saturated heterocycles. The van der Waals surface area contributed by atoms with E-state index in [4.69, 9.17) is 9.92 Å². The Hall–Kier alpha value is -2.46. The monoisotopic (exact) mass is 621 g/mol. The standard InChI is InChI=1S/C20H17N3O4S.CH3.Ir.H2O/c21-19(15-7-3-1-4-8-15)20(16-9-5-2-6-10-16)22-28(26)27-18-13-11-17(12-14-18)23(24)25;;;/h1-14,19-21H;1H3;;1H2/q-2;-1;+3;/t19-,20-,28?;;;/m1.../s1. The molecule has 3 rings (SSSR count). The van der Waals surface area contributed by atoms with E-state index in [0.29, 0.717) is 0 Å². The molecule has 0 spiro atoms. The Kier molecular flexibility index (Phi) is 12.7. The first kappa shape index (κ1) is 28.5. The molecular formula is C21H22IrN3O5S. The van der Waals surface area contributed by atoms with Crippen molar-refractivity contribution in [2.24, 2.45) is 0 Å². The Bertz CT molecular complexity index is 946. The summed E-state index contributed by atoms with van der Waals surface area (Å²) >= 11 is -2.08. The number of nitrogens with one attached hydrogen (secondary N) is 1. The summed E-state index contributed by atoms with van der Waals surface area (Å²) < 4.78 is 21.9. The van der Waals surface area contributed by atoms with Gasteiger partial charge in [0.05, 0.1) is 4.92 Å². The molecule has 8 nitrogen and oxygen atoms in total. The minimum atomic E-state index is -2.08. The van der Waals surface area contributed by atoms with Gasteiger partial charge in [-0.05, 0) is 12.1 Å². The zero-order valence-corrected chi connectivity index (χ0v) is 19.7. The molecule has 0 heterocycles. The molecule has 1 unspecified atom stereocenters. The smallest absolute Gasteiger partial charge is 0.672 e. The molecule has 3 atom stereocenters. The van der Waals surface area contributed by atoms with Gasteiger partial charge >= 0.3 is 20.1 Å². The number of rotatable bonds is 8. The zero-order chi connectivity index (χ0) is 19.9. The van der Waals surface area contributed by atoms with Gasteiger partial charge in [0.15, 0.2) is 0 Å². The molecular weight excluding hydrogens is 599 g/mol. The number of benzene rings is 3. The molecule has 10 heteroatoms. The Morgan fingerprint density at radius 2 is 1.39 bits per heavy atom. The largest absolute Gasteiger partial charge is 3.00 e. The predicted octanol–water partition coefficient (Wildman–Crippen LogP) is 5.08. The van der Waals surface area contributed by atoms with Gasteiger partial charge in [-0.2, -0.15) is 0 Å². The number of hydrogen-bond donors (Lipinski definition) is 0. The van der Waals surface area contributed by atoms with Crippen LogP contribution in [0.2, 0.25) is 0 Å². The number of non-ortho nitro benzene ring substituents is 1. The van der Waals surface area contributed by atoms with Gasteiger partial charge in [0.1, 0.15) is 17.0 Å². The second kappa shape index (κ2) is 13.8. The van der Waals surface area contributed by atoms with Crippen molar-refractivity contribution in [3.63, 3.8) is 0 Å². The minimum absolute atomic E-state index is 0. The summed E-state index contributed by atoms with van der Waals surface area (Å²) in [5.74, 6) is 0.195. The molecule has 166 valence electrons. The first-order chi connectivity index (χ1) is 13.5. The van der Waals surface area contributed by atoms with E-state index in [1.165, 1.54) is 24.3 Å². The summed E-state index contributed by atoms with van der Waals surface area (Å²) in [4.78, 5) is 10.2. The fourth-order valence-corrected chi connectivity index (χ4v) is 3.37. The Labute approximate surface area is 197 Å². The van der Waals surface area contributed by atoms with Crippen molar-refractivity contribution in [1.29, 1.82) is 0 Å². The summed E-state index contributed by atoms with van der Waals surface area (Å²) in [6.45, 7) is 0. The summed E-state index contributed by atoms with van der Waals surface area (Å²) in [5.41, 5.74) is 9.99.